The van der Waals surface area contributed by atoms with E-state index in [1.807, 2.05) is 18.3 Å². The van der Waals surface area contributed by atoms with Gasteiger partial charge in [-0.15, -0.1) is 0 Å². The fraction of sp³-hybridized carbons (Fsp3) is 0.156. The van der Waals surface area contributed by atoms with Gasteiger partial charge in [0.1, 0.15) is 0 Å². The molecule has 0 N–H and O–H groups in total. The number of aromatic nitrogens is 1. The lowest BCUT2D eigenvalue weighted by atomic mass is 9.65. The molecule has 6 rings (SSSR count). The van der Waals surface area contributed by atoms with Crippen LogP contribution in [-0.2, 0) is 5.41 Å². The second-order valence-corrected chi connectivity index (χ2v) is 9.71. The minimum atomic E-state index is 0.0485. The van der Waals surface area contributed by atoms with Crippen LogP contribution in [0.3, 0.4) is 0 Å². The monoisotopic (exact) mass is 440 g/mol. The Kier molecular flexibility index (Phi) is 4.95. The summed E-state index contributed by atoms with van der Waals surface area (Å²) in [6, 6.07) is 32.8. The Bertz CT molecular complexity index is 1400. The van der Waals surface area contributed by atoms with Crippen LogP contribution in [0.25, 0.3) is 22.4 Å². The second-order valence-electron chi connectivity index (χ2n) is 9.71. The fourth-order valence-electron chi connectivity index (χ4n) is 5.68. The maximum atomic E-state index is 4.57. The third-order valence-electron chi connectivity index (χ3n) is 7.39. The van der Waals surface area contributed by atoms with Gasteiger partial charge in [-0.25, -0.2) is 0 Å². The molecule has 0 fully saturated rings. The highest BCUT2D eigenvalue weighted by molar-refractivity contribution is 5.86. The van der Waals surface area contributed by atoms with Gasteiger partial charge in [-0.05, 0) is 41.5 Å². The Labute approximate surface area is 201 Å². The molecule has 2 unspecified atom stereocenters. The largest absolute Gasteiger partial charge is 0.333 e. The van der Waals surface area contributed by atoms with Crippen molar-refractivity contribution in [2.45, 2.75) is 25.3 Å². The number of allylic oxidation sites excluding steroid dienone is 2. The lowest BCUT2D eigenvalue weighted by molar-refractivity contribution is 0.332. The van der Waals surface area contributed by atoms with Crippen molar-refractivity contribution >= 4 is 11.4 Å². The highest BCUT2D eigenvalue weighted by Gasteiger charge is 2.45. The van der Waals surface area contributed by atoms with Gasteiger partial charge in [-0.3, -0.25) is 4.98 Å². The zero-order chi connectivity index (χ0) is 23.1. The predicted molar refractivity (Wildman–Crippen MR) is 142 cm³/mol. The molecule has 0 saturated heterocycles. The van der Waals surface area contributed by atoms with E-state index in [0.29, 0.717) is 5.92 Å². The molecule has 3 aromatic carbocycles. The van der Waals surface area contributed by atoms with Crippen LogP contribution in [0, 0.1) is 5.92 Å². The lowest BCUT2D eigenvalue weighted by Crippen LogP contribution is -2.49. The molecule has 0 amide bonds. The van der Waals surface area contributed by atoms with E-state index < -0.39 is 0 Å². The third-order valence-corrected chi connectivity index (χ3v) is 7.39. The molecule has 166 valence electrons. The van der Waals surface area contributed by atoms with E-state index in [1.54, 1.807) is 0 Å². The number of anilines is 2. The summed E-state index contributed by atoms with van der Waals surface area (Å²) in [5.41, 5.74) is 8.53. The van der Waals surface area contributed by atoms with Gasteiger partial charge in [0.2, 0.25) is 0 Å². The van der Waals surface area contributed by atoms with Gasteiger partial charge >= 0.3 is 0 Å². The minimum absolute atomic E-state index is 0.0485. The third kappa shape index (κ3) is 3.30. The van der Waals surface area contributed by atoms with Gasteiger partial charge in [0.25, 0.3) is 0 Å². The lowest BCUT2D eigenvalue weighted by Gasteiger charge is -2.51. The highest BCUT2D eigenvalue weighted by Crippen LogP contribution is 2.52. The predicted octanol–water partition coefficient (Wildman–Crippen LogP) is 7.96. The Morgan fingerprint density at radius 3 is 2.29 bits per heavy atom. The first-order valence-electron chi connectivity index (χ1n) is 12.0. The summed E-state index contributed by atoms with van der Waals surface area (Å²) in [6.07, 6.45) is 11.0. The number of hydrogen-bond acceptors (Lipinski definition) is 2. The summed E-state index contributed by atoms with van der Waals surface area (Å²) in [7, 11) is 0. The Morgan fingerprint density at radius 2 is 1.44 bits per heavy atom. The van der Waals surface area contributed by atoms with E-state index in [0.717, 1.165) is 11.3 Å². The standard InChI is InChI=1S/C32H28N2/c1-32(2)26-15-4-7-19-30(26)34(31-20-8-5-16-27(31)32)29-18-6-3-14-25(29)23-12-11-13-24(22-23)28-17-9-10-21-33-28/h3-22,26,30H,1-2H3. The topological polar surface area (TPSA) is 16.1 Å². The van der Waals surface area contributed by atoms with Crippen molar-refractivity contribution in [3.63, 3.8) is 0 Å². The van der Waals surface area contributed by atoms with E-state index in [4.69, 9.17) is 0 Å². The number of fused-ring (bicyclic) bond motifs is 2. The average molecular weight is 441 g/mol. The van der Waals surface area contributed by atoms with Crippen LogP contribution in [0.5, 0.6) is 0 Å². The van der Waals surface area contributed by atoms with Crippen molar-refractivity contribution in [1.29, 1.82) is 0 Å². The van der Waals surface area contributed by atoms with Gasteiger partial charge in [0.05, 0.1) is 11.7 Å². The van der Waals surface area contributed by atoms with E-state index in [2.05, 4.69) is 127 Å². The molecule has 2 aliphatic rings. The Morgan fingerprint density at radius 1 is 0.706 bits per heavy atom. The molecule has 2 heteroatoms. The normalized spacial score (nSPS) is 20.0. The van der Waals surface area contributed by atoms with Gasteiger partial charge < -0.3 is 4.90 Å². The smallest absolute Gasteiger partial charge is 0.0702 e. The van der Waals surface area contributed by atoms with Crippen molar-refractivity contribution in [2.24, 2.45) is 5.92 Å². The fourth-order valence-corrected chi connectivity index (χ4v) is 5.68. The maximum absolute atomic E-state index is 4.57. The number of pyridine rings is 1. The summed E-state index contributed by atoms with van der Waals surface area (Å²) in [5.74, 6) is 0.389. The molecule has 0 bridgehead atoms. The highest BCUT2D eigenvalue weighted by atomic mass is 15.2. The van der Waals surface area contributed by atoms with Crippen LogP contribution in [0.4, 0.5) is 11.4 Å². The van der Waals surface area contributed by atoms with Crippen molar-refractivity contribution in [3.8, 4) is 22.4 Å². The van der Waals surface area contributed by atoms with Crippen molar-refractivity contribution in [3.05, 3.63) is 127 Å². The zero-order valence-corrected chi connectivity index (χ0v) is 19.6. The van der Waals surface area contributed by atoms with Crippen LogP contribution >= 0.6 is 0 Å². The molecule has 2 heterocycles. The quantitative estimate of drug-likeness (QED) is 0.321. The first-order chi connectivity index (χ1) is 16.6. The average Bonchev–Trinajstić information content (AvgIpc) is 2.90. The van der Waals surface area contributed by atoms with Crippen LogP contribution in [0.2, 0.25) is 0 Å². The first-order valence-corrected chi connectivity index (χ1v) is 12.0. The van der Waals surface area contributed by atoms with E-state index in [-0.39, 0.29) is 11.5 Å². The van der Waals surface area contributed by atoms with Crippen LogP contribution in [-0.4, -0.2) is 11.0 Å². The van der Waals surface area contributed by atoms with Crippen molar-refractivity contribution in [2.75, 3.05) is 4.90 Å². The molecule has 0 radical (unpaired) electrons. The maximum Gasteiger partial charge on any atom is 0.0702 e. The minimum Gasteiger partial charge on any atom is -0.333 e. The number of para-hydroxylation sites is 2. The number of rotatable bonds is 3. The summed E-state index contributed by atoms with van der Waals surface area (Å²) < 4.78 is 0. The SMILES string of the molecule is CC1(C)c2ccccc2N(c2ccccc2-c2cccc(-c3ccccn3)c2)C2C=CC=CC21. The summed E-state index contributed by atoms with van der Waals surface area (Å²) in [4.78, 5) is 7.12. The zero-order valence-electron chi connectivity index (χ0n) is 19.6. The Hall–Kier alpha value is -3.91. The Balaban J connectivity index is 1.54. The molecule has 1 aromatic heterocycles. The molecule has 1 aliphatic carbocycles. The molecule has 2 nitrogen and oxygen atoms in total. The summed E-state index contributed by atoms with van der Waals surface area (Å²) in [6.45, 7) is 4.76. The molecule has 0 spiro atoms. The molecule has 4 aromatic rings. The summed E-state index contributed by atoms with van der Waals surface area (Å²) in [5, 5.41) is 0. The van der Waals surface area contributed by atoms with Crippen LogP contribution < -0.4 is 4.90 Å². The molecule has 34 heavy (non-hydrogen) atoms. The second kappa shape index (κ2) is 8.14. The molecule has 1 aliphatic heterocycles. The van der Waals surface area contributed by atoms with E-state index in [1.165, 1.54) is 28.1 Å². The van der Waals surface area contributed by atoms with Crippen molar-refractivity contribution in [1.82, 2.24) is 4.98 Å². The molecule has 0 saturated carbocycles. The van der Waals surface area contributed by atoms with Crippen molar-refractivity contribution < 1.29 is 0 Å². The molecular formula is C32H28N2. The van der Waals surface area contributed by atoms with Gasteiger partial charge in [-0.1, -0.05) is 98.8 Å². The van der Waals surface area contributed by atoms with Gasteiger partial charge in [-0.2, -0.15) is 0 Å². The number of nitrogens with zero attached hydrogens (tertiary/aromatic N) is 2. The van der Waals surface area contributed by atoms with Gasteiger partial charge in [0.15, 0.2) is 0 Å². The first kappa shape index (κ1) is 20.7. The van der Waals surface area contributed by atoms with E-state index >= 15 is 0 Å². The number of benzene rings is 3. The van der Waals surface area contributed by atoms with Crippen LogP contribution in [0.1, 0.15) is 19.4 Å². The van der Waals surface area contributed by atoms with Gasteiger partial charge in [0, 0.05) is 40.0 Å². The molecular weight excluding hydrogens is 412 g/mol. The summed E-state index contributed by atoms with van der Waals surface area (Å²) >= 11 is 0. The van der Waals surface area contributed by atoms with Crippen LogP contribution in [0.15, 0.2) is 121 Å². The number of hydrogen-bond donors (Lipinski definition) is 0. The molecule has 2 atom stereocenters. The van der Waals surface area contributed by atoms with E-state index in [9.17, 15) is 0 Å².